The number of nitrogens with one attached hydrogen (secondary N) is 1. The number of sulfonamides is 1. The predicted octanol–water partition coefficient (Wildman–Crippen LogP) is 3.32. The summed E-state index contributed by atoms with van der Waals surface area (Å²) < 4.78 is 40.1. The quantitative estimate of drug-likeness (QED) is 0.868. The zero-order valence-electron chi connectivity index (χ0n) is 15.6. The maximum Gasteiger partial charge on any atom is 0.243 e. The molecule has 26 heavy (non-hydrogen) atoms. The van der Waals surface area contributed by atoms with Crippen LogP contribution in [0.15, 0.2) is 35.2 Å². The number of benzene rings is 2. The summed E-state index contributed by atoms with van der Waals surface area (Å²) in [5.74, 6) is -1.01. The smallest absolute Gasteiger partial charge is 0.243 e. The van der Waals surface area contributed by atoms with Gasteiger partial charge in [-0.2, -0.15) is 4.31 Å². The Labute approximate surface area is 153 Å². The molecule has 0 aromatic heterocycles. The molecule has 0 saturated heterocycles. The Bertz CT molecular complexity index is 932. The molecule has 7 heteroatoms. The molecule has 0 aliphatic carbocycles. The third-order valence-electron chi connectivity index (χ3n) is 4.11. The summed E-state index contributed by atoms with van der Waals surface area (Å²) in [6.07, 6.45) is 0. The van der Waals surface area contributed by atoms with E-state index < -0.39 is 21.7 Å². The molecule has 0 spiro atoms. The summed E-state index contributed by atoms with van der Waals surface area (Å²) in [5.41, 5.74) is 3.26. The molecule has 2 aromatic carbocycles. The normalized spacial score (nSPS) is 11.7. The van der Waals surface area contributed by atoms with E-state index in [0.29, 0.717) is 22.4 Å². The largest absolute Gasteiger partial charge is 0.325 e. The van der Waals surface area contributed by atoms with Crippen LogP contribution in [0.3, 0.4) is 0 Å². The number of nitrogens with zero attached hydrogens (tertiary/aromatic N) is 1. The lowest BCUT2D eigenvalue weighted by Gasteiger charge is -2.20. The van der Waals surface area contributed by atoms with Crippen LogP contribution in [0.4, 0.5) is 10.1 Å². The minimum Gasteiger partial charge on any atom is -0.325 e. The Balaban J connectivity index is 2.22. The molecule has 0 atom stereocenters. The van der Waals surface area contributed by atoms with Crippen LogP contribution in [0.1, 0.15) is 22.3 Å². The van der Waals surface area contributed by atoms with Gasteiger partial charge in [0.05, 0.1) is 11.4 Å². The first kappa shape index (κ1) is 20.1. The van der Waals surface area contributed by atoms with Gasteiger partial charge in [0, 0.05) is 12.7 Å². The third-order valence-corrected chi connectivity index (χ3v) is 6.22. The molecule has 0 aliphatic rings. The van der Waals surface area contributed by atoms with E-state index in [9.17, 15) is 17.6 Å². The van der Waals surface area contributed by atoms with Crippen LogP contribution >= 0.6 is 0 Å². The van der Waals surface area contributed by atoms with Crippen LogP contribution in [0, 0.1) is 33.5 Å². The van der Waals surface area contributed by atoms with Crippen LogP contribution in [-0.2, 0) is 14.8 Å². The van der Waals surface area contributed by atoms with Crippen molar-refractivity contribution in [2.45, 2.75) is 32.6 Å². The Morgan fingerprint density at radius 2 is 1.62 bits per heavy atom. The predicted molar refractivity (Wildman–Crippen MR) is 100 cm³/mol. The lowest BCUT2D eigenvalue weighted by atomic mass is 10.1. The van der Waals surface area contributed by atoms with Crippen LogP contribution in [0.25, 0.3) is 0 Å². The molecule has 1 N–H and O–H groups in total. The van der Waals surface area contributed by atoms with Crippen molar-refractivity contribution in [1.29, 1.82) is 0 Å². The van der Waals surface area contributed by atoms with Crippen LogP contribution in [0.5, 0.6) is 0 Å². The van der Waals surface area contributed by atoms with Gasteiger partial charge in [0.15, 0.2) is 0 Å². The average molecular weight is 378 g/mol. The average Bonchev–Trinajstić information content (AvgIpc) is 2.49. The topological polar surface area (TPSA) is 66.5 Å². The van der Waals surface area contributed by atoms with E-state index in [-0.39, 0.29) is 11.4 Å². The van der Waals surface area contributed by atoms with Gasteiger partial charge in [-0.3, -0.25) is 4.79 Å². The van der Waals surface area contributed by atoms with Crippen LogP contribution < -0.4 is 5.32 Å². The molecule has 140 valence electrons. The molecule has 2 aromatic rings. The van der Waals surface area contributed by atoms with Crippen molar-refractivity contribution in [3.63, 3.8) is 0 Å². The van der Waals surface area contributed by atoms with Crippen molar-refractivity contribution in [2.24, 2.45) is 0 Å². The van der Waals surface area contributed by atoms with Gasteiger partial charge in [-0.05, 0) is 56.5 Å². The molecule has 2 rings (SSSR count). The number of aryl methyl sites for hydroxylation is 4. The van der Waals surface area contributed by atoms with Gasteiger partial charge in [-0.25, -0.2) is 12.8 Å². The summed E-state index contributed by atoms with van der Waals surface area (Å²) in [6.45, 7) is 6.72. The Morgan fingerprint density at radius 1 is 1.04 bits per heavy atom. The standard InChI is InChI=1S/C19H23FN2O3S/c1-12-8-14(3)19(15(4)9-12)26(24,25)22(5)11-18(23)21-17-10-16(20)7-6-13(17)2/h6-10H,11H2,1-5H3,(H,21,23). The molecular formula is C19H23FN2O3S. The van der Waals surface area contributed by atoms with E-state index in [1.165, 1.54) is 19.2 Å². The summed E-state index contributed by atoms with van der Waals surface area (Å²) >= 11 is 0. The van der Waals surface area contributed by atoms with Gasteiger partial charge >= 0.3 is 0 Å². The molecule has 5 nitrogen and oxygen atoms in total. The van der Waals surface area contributed by atoms with Crippen molar-refractivity contribution in [2.75, 3.05) is 18.9 Å². The SMILES string of the molecule is Cc1cc(C)c(S(=O)(=O)N(C)CC(=O)Nc2cc(F)ccc2C)c(C)c1. The van der Waals surface area contributed by atoms with Gasteiger partial charge in [0.25, 0.3) is 0 Å². The van der Waals surface area contributed by atoms with E-state index >= 15 is 0 Å². The Hall–Kier alpha value is -2.25. The molecule has 0 fully saturated rings. The highest BCUT2D eigenvalue weighted by molar-refractivity contribution is 7.89. The van der Waals surface area contributed by atoms with Gasteiger partial charge in [0.2, 0.25) is 15.9 Å². The number of hydrogen-bond acceptors (Lipinski definition) is 3. The summed E-state index contributed by atoms with van der Waals surface area (Å²) in [7, 11) is -2.47. The second kappa shape index (κ2) is 7.55. The number of halogens is 1. The highest BCUT2D eigenvalue weighted by Crippen LogP contribution is 2.24. The first-order valence-electron chi connectivity index (χ1n) is 8.12. The third kappa shape index (κ3) is 4.28. The number of hydrogen-bond donors (Lipinski definition) is 1. The lowest BCUT2D eigenvalue weighted by molar-refractivity contribution is -0.116. The first-order chi connectivity index (χ1) is 12.0. The summed E-state index contributed by atoms with van der Waals surface area (Å²) in [6, 6.07) is 7.64. The van der Waals surface area contributed by atoms with Crippen molar-refractivity contribution < 1.29 is 17.6 Å². The Kier molecular flexibility index (Phi) is 5.83. The summed E-state index contributed by atoms with van der Waals surface area (Å²) in [4.78, 5) is 12.5. The van der Waals surface area contributed by atoms with E-state index in [4.69, 9.17) is 0 Å². The van der Waals surface area contributed by atoms with Crippen molar-refractivity contribution in [3.8, 4) is 0 Å². The Morgan fingerprint density at radius 3 is 2.19 bits per heavy atom. The summed E-state index contributed by atoms with van der Waals surface area (Å²) in [5, 5.41) is 2.56. The number of amides is 1. The number of carbonyl (C=O) groups is 1. The zero-order valence-corrected chi connectivity index (χ0v) is 16.4. The molecule has 0 aliphatic heterocycles. The van der Waals surface area contributed by atoms with Crippen molar-refractivity contribution in [1.82, 2.24) is 4.31 Å². The molecular weight excluding hydrogens is 355 g/mol. The van der Waals surface area contributed by atoms with Crippen molar-refractivity contribution in [3.05, 3.63) is 58.4 Å². The van der Waals surface area contributed by atoms with Gasteiger partial charge in [-0.15, -0.1) is 0 Å². The maximum absolute atomic E-state index is 13.3. The minimum absolute atomic E-state index is 0.209. The van der Waals surface area contributed by atoms with Crippen molar-refractivity contribution >= 4 is 21.6 Å². The number of likely N-dealkylation sites (N-methyl/N-ethyl adjacent to an activating group) is 1. The monoisotopic (exact) mass is 378 g/mol. The second-order valence-electron chi connectivity index (χ2n) is 6.50. The van der Waals surface area contributed by atoms with Gasteiger partial charge in [-0.1, -0.05) is 23.8 Å². The number of rotatable bonds is 5. The molecule has 1 amide bonds. The molecule has 0 radical (unpaired) electrons. The first-order valence-corrected chi connectivity index (χ1v) is 9.56. The molecule has 0 heterocycles. The van der Waals surface area contributed by atoms with E-state index in [0.717, 1.165) is 9.87 Å². The van der Waals surface area contributed by atoms with Crippen LogP contribution in [0.2, 0.25) is 0 Å². The maximum atomic E-state index is 13.3. The molecule has 0 bridgehead atoms. The van der Waals surface area contributed by atoms with E-state index in [1.54, 1.807) is 39.0 Å². The van der Waals surface area contributed by atoms with Crippen LogP contribution in [-0.4, -0.2) is 32.2 Å². The lowest BCUT2D eigenvalue weighted by Crippen LogP contribution is -2.35. The zero-order chi connectivity index (χ0) is 19.6. The fourth-order valence-electron chi connectivity index (χ4n) is 2.94. The fourth-order valence-corrected chi connectivity index (χ4v) is 4.47. The highest BCUT2D eigenvalue weighted by atomic mass is 32.2. The van der Waals surface area contributed by atoms with Gasteiger partial charge in [0.1, 0.15) is 5.82 Å². The molecule has 0 unspecified atom stereocenters. The van der Waals surface area contributed by atoms with Gasteiger partial charge < -0.3 is 5.32 Å². The van der Waals surface area contributed by atoms with E-state index in [1.807, 2.05) is 6.92 Å². The number of carbonyl (C=O) groups excluding carboxylic acids is 1. The fraction of sp³-hybridized carbons (Fsp3) is 0.316. The number of anilines is 1. The molecule has 0 saturated carbocycles. The minimum atomic E-state index is -3.82. The highest BCUT2D eigenvalue weighted by Gasteiger charge is 2.26. The second-order valence-corrected chi connectivity index (χ2v) is 8.48. The van der Waals surface area contributed by atoms with E-state index in [2.05, 4.69) is 5.32 Å².